The van der Waals surface area contributed by atoms with Gasteiger partial charge in [0, 0.05) is 38.2 Å². The number of nitrogens with one attached hydrogen (secondary N) is 2. The summed E-state index contributed by atoms with van der Waals surface area (Å²) in [5.74, 6) is -0.736. The Balaban J connectivity index is 2.04. The summed E-state index contributed by atoms with van der Waals surface area (Å²) in [7, 11) is 0. The van der Waals surface area contributed by atoms with Crippen LogP contribution in [0.1, 0.15) is 25.8 Å². The number of hydrogen-bond acceptors (Lipinski definition) is 4. The van der Waals surface area contributed by atoms with Crippen LogP contribution in [0.2, 0.25) is 0 Å². The summed E-state index contributed by atoms with van der Waals surface area (Å²) in [5.41, 5.74) is 1.97. The lowest BCUT2D eigenvalue weighted by atomic mass is 10.1. The Morgan fingerprint density at radius 2 is 1.67 bits per heavy atom. The van der Waals surface area contributed by atoms with Crippen LogP contribution in [0.4, 0.5) is 17.1 Å². The number of amides is 3. The molecule has 0 saturated carbocycles. The number of hydrogen-bond donors (Lipinski definition) is 2. The van der Waals surface area contributed by atoms with Crippen molar-refractivity contribution in [3.63, 3.8) is 0 Å². The molecule has 0 heterocycles. The molecule has 0 aromatic heterocycles. The topological polar surface area (TPSA) is 102 Å². The number of para-hydroxylation sites is 1. The lowest BCUT2D eigenvalue weighted by Gasteiger charge is -2.22. The fourth-order valence-corrected chi connectivity index (χ4v) is 2.57. The second-order valence-corrected chi connectivity index (χ2v) is 5.86. The highest BCUT2D eigenvalue weighted by Crippen LogP contribution is 2.20. The van der Waals surface area contributed by atoms with Crippen molar-refractivity contribution in [2.24, 2.45) is 0 Å². The molecule has 2 rings (SSSR count). The molecule has 0 unspecified atom stereocenters. The monoisotopic (exact) mass is 364 g/mol. The van der Waals surface area contributed by atoms with E-state index >= 15 is 0 Å². The predicted molar refractivity (Wildman–Crippen MR) is 103 cm³/mol. The fraction of sp³-hybridized carbons (Fsp3) is 0.200. The molecule has 0 fully saturated rings. The number of nitriles is 1. The van der Waals surface area contributed by atoms with Gasteiger partial charge in [0.15, 0.2) is 0 Å². The molecule has 2 aromatic carbocycles. The molecular formula is C20H20N4O3. The average molecular weight is 364 g/mol. The molecule has 138 valence electrons. The van der Waals surface area contributed by atoms with E-state index in [2.05, 4.69) is 16.7 Å². The van der Waals surface area contributed by atoms with Crippen molar-refractivity contribution in [3.8, 4) is 6.07 Å². The molecule has 0 saturated heterocycles. The Morgan fingerprint density at radius 1 is 1.00 bits per heavy atom. The minimum Gasteiger partial charge on any atom is -0.326 e. The van der Waals surface area contributed by atoms with E-state index in [1.54, 1.807) is 48.5 Å². The highest BCUT2D eigenvalue weighted by Gasteiger charge is 2.16. The van der Waals surface area contributed by atoms with E-state index in [1.165, 1.54) is 18.7 Å². The van der Waals surface area contributed by atoms with Gasteiger partial charge in [-0.05, 0) is 30.3 Å². The van der Waals surface area contributed by atoms with Crippen LogP contribution in [0.25, 0.3) is 0 Å². The van der Waals surface area contributed by atoms with Gasteiger partial charge in [-0.1, -0.05) is 18.2 Å². The third-order valence-corrected chi connectivity index (χ3v) is 3.72. The molecule has 0 aliphatic heterocycles. The molecular weight excluding hydrogens is 344 g/mol. The highest BCUT2D eigenvalue weighted by atomic mass is 16.2. The summed E-state index contributed by atoms with van der Waals surface area (Å²) in [5, 5.41) is 14.6. The SMILES string of the molecule is CC(=O)Nc1cccc(NC(=O)CCN(C(C)=O)c2ccccc2C#N)c1. The fourth-order valence-electron chi connectivity index (χ4n) is 2.57. The van der Waals surface area contributed by atoms with Crippen LogP contribution in [-0.4, -0.2) is 24.3 Å². The first-order valence-electron chi connectivity index (χ1n) is 8.35. The third kappa shape index (κ3) is 5.68. The number of rotatable bonds is 6. The van der Waals surface area contributed by atoms with E-state index in [0.717, 1.165) is 0 Å². The average Bonchev–Trinajstić information content (AvgIpc) is 2.61. The third-order valence-electron chi connectivity index (χ3n) is 3.72. The van der Waals surface area contributed by atoms with Gasteiger partial charge in [0.1, 0.15) is 6.07 Å². The molecule has 3 amide bonds. The van der Waals surface area contributed by atoms with Gasteiger partial charge in [0.05, 0.1) is 11.3 Å². The van der Waals surface area contributed by atoms with Gasteiger partial charge in [0.25, 0.3) is 0 Å². The van der Waals surface area contributed by atoms with Crippen molar-refractivity contribution in [2.75, 3.05) is 22.1 Å². The molecule has 7 nitrogen and oxygen atoms in total. The Morgan fingerprint density at radius 3 is 2.30 bits per heavy atom. The van der Waals surface area contributed by atoms with Crippen molar-refractivity contribution in [1.29, 1.82) is 5.26 Å². The van der Waals surface area contributed by atoms with Crippen molar-refractivity contribution in [3.05, 3.63) is 54.1 Å². The minimum absolute atomic E-state index is 0.0592. The Kier molecular flexibility index (Phi) is 6.67. The summed E-state index contributed by atoms with van der Waals surface area (Å²) in [4.78, 5) is 36.8. The van der Waals surface area contributed by atoms with Crippen LogP contribution in [-0.2, 0) is 14.4 Å². The van der Waals surface area contributed by atoms with Crippen LogP contribution in [0.15, 0.2) is 48.5 Å². The molecule has 0 aliphatic carbocycles. The number of anilines is 3. The standard InChI is InChI=1S/C20H20N4O3/c1-14(25)22-17-7-5-8-18(12-17)23-20(27)10-11-24(15(2)26)19-9-4-3-6-16(19)13-21/h3-9,12H,10-11H2,1-2H3,(H,22,25)(H,23,27). The first-order valence-corrected chi connectivity index (χ1v) is 8.35. The van der Waals surface area contributed by atoms with Crippen molar-refractivity contribution in [1.82, 2.24) is 0 Å². The highest BCUT2D eigenvalue weighted by molar-refractivity contribution is 5.96. The van der Waals surface area contributed by atoms with Crippen molar-refractivity contribution in [2.45, 2.75) is 20.3 Å². The van der Waals surface area contributed by atoms with Crippen LogP contribution < -0.4 is 15.5 Å². The smallest absolute Gasteiger partial charge is 0.226 e. The van der Waals surface area contributed by atoms with Crippen molar-refractivity contribution >= 4 is 34.8 Å². The summed E-state index contributed by atoms with van der Waals surface area (Å²) in [6, 6.07) is 15.6. The lowest BCUT2D eigenvalue weighted by molar-refractivity contribution is -0.117. The Hall–Kier alpha value is -3.66. The number of benzene rings is 2. The number of nitrogens with zero attached hydrogens (tertiary/aromatic N) is 2. The zero-order chi connectivity index (χ0) is 19.8. The zero-order valence-electron chi connectivity index (χ0n) is 15.2. The van der Waals surface area contributed by atoms with Gasteiger partial charge in [-0.2, -0.15) is 5.26 Å². The second-order valence-electron chi connectivity index (χ2n) is 5.86. The van der Waals surface area contributed by atoms with Crippen LogP contribution in [0.5, 0.6) is 0 Å². The van der Waals surface area contributed by atoms with Gasteiger partial charge in [-0.25, -0.2) is 0 Å². The lowest BCUT2D eigenvalue weighted by Crippen LogP contribution is -2.32. The molecule has 2 N–H and O–H groups in total. The second kappa shape index (κ2) is 9.15. The predicted octanol–water partition coefficient (Wildman–Crippen LogP) is 2.90. The molecule has 0 radical (unpaired) electrons. The first-order chi connectivity index (χ1) is 12.9. The summed E-state index contributed by atoms with van der Waals surface area (Å²) in [6.45, 7) is 2.94. The van der Waals surface area contributed by atoms with E-state index in [1.807, 2.05) is 0 Å². The Labute approximate surface area is 157 Å². The maximum atomic E-state index is 12.3. The minimum atomic E-state index is -0.282. The largest absolute Gasteiger partial charge is 0.326 e. The van der Waals surface area contributed by atoms with Crippen LogP contribution >= 0.6 is 0 Å². The van der Waals surface area contributed by atoms with E-state index in [0.29, 0.717) is 22.6 Å². The van der Waals surface area contributed by atoms with Gasteiger partial charge < -0.3 is 15.5 Å². The molecule has 0 aliphatic rings. The van der Waals surface area contributed by atoms with Crippen LogP contribution in [0, 0.1) is 11.3 Å². The van der Waals surface area contributed by atoms with Gasteiger partial charge in [-0.3, -0.25) is 14.4 Å². The molecule has 0 atom stereocenters. The number of carbonyl (C=O) groups excluding carboxylic acids is 3. The van der Waals surface area contributed by atoms with Gasteiger partial charge >= 0.3 is 0 Å². The maximum absolute atomic E-state index is 12.3. The normalized spacial score (nSPS) is 9.81. The molecule has 27 heavy (non-hydrogen) atoms. The van der Waals surface area contributed by atoms with Gasteiger partial charge in [-0.15, -0.1) is 0 Å². The van der Waals surface area contributed by atoms with E-state index in [-0.39, 0.29) is 30.7 Å². The van der Waals surface area contributed by atoms with Gasteiger partial charge in [0.2, 0.25) is 17.7 Å². The quantitative estimate of drug-likeness (QED) is 0.822. The number of carbonyl (C=O) groups is 3. The van der Waals surface area contributed by atoms with E-state index in [9.17, 15) is 19.6 Å². The first kappa shape index (κ1) is 19.7. The van der Waals surface area contributed by atoms with E-state index in [4.69, 9.17) is 0 Å². The van der Waals surface area contributed by atoms with Crippen LogP contribution in [0.3, 0.4) is 0 Å². The molecule has 0 spiro atoms. The summed E-state index contributed by atoms with van der Waals surface area (Å²) < 4.78 is 0. The van der Waals surface area contributed by atoms with E-state index < -0.39 is 0 Å². The Bertz CT molecular complexity index is 902. The summed E-state index contributed by atoms with van der Waals surface area (Å²) >= 11 is 0. The molecule has 7 heteroatoms. The molecule has 0 bridgehead atoms. The maximum Gasteiger partial charge on any atom is 0.226 e. The molecule has 2 aromatic rings. The van der Waals surface area contributed by atoms with Crippen molar-refractivity contribution < 1.29 is 14.4 Å². The zero-order valence-corrected chi connectivity index (χ0v) is 15.2. The summed E-state index contributed by atoms with van der Waals surface area (Å²) in [6.07, 6.45) is 0.0592.